The predicted octanol–water partition coefficient (Wildman–Crippen LogP) is 1.58. The van der Waals surface area contributed by atoms with Crippen molar-refractivity contribution in [1.82, 2.24) is 4.98 Å². The highest BCUT2D eigenvalue weighted by atomic mass is 79.9. The maximum absolute atomic E-state index is 8.77. The molecule has 0 unspecified atom stereocenters. The van der Waals surface area contributed by atoms with Gasteiger partial charge in [-0.05, 0) is 34.5 Å². The van der Waals surface area contributed by atoms with Gasteiger partial charge in [-0.1, -0.05) is 0 Å². The summed E-state index contributed by atoms with van der Waals surface area (Å²) in [4.78, 5) is 6.14. The molecule has 0 saturated heterocycles. The molecule has 0 aromatic carbocycles. The lowest BCUT2D eigenvalue weighted by atomic mass is 10.3. The number of nitrogens with zero attached hydrogens (tertiary/aromatic N) is 2. The standard InChI is InChI=1S/C9H13BrN2O/c1-7-3-4-11-9(8(7)10)12(2)5-6-13/h3-4,13H,5-6H2,1-2H3. The average molecular weight is 245 g/mol. The first-order valence-corrected chi connectivity index (χ1v) is 4.89. The van der Waals surface area contributed by atoms with Crippen molar-refractivity contribution >= 4 is 21.7 Å². The van der Waals surface area contributed by atoms with E-state index in [4.69, 9.17) is 5.11 Å². The van der Waals surface area contributed by atoms with Crippen molar-refractivity contribution in [3.63, 3.8) is 0 Å². The van der Waals surface area contributed by atoms with E-state index < -0.39 is 0 Å². The van der Waals surface area contributed by atoms with Gasteiger partial charge in [-0.3, -0.25) is 0 Å². The average Bonchev–Trinajstić information content (AvgIpc) is 2.10. The molecule has 0 saturated carbocycles. The Bertz CT molecular complexity index is 291. The van der Waals surface area contributed by atoms with E-state index in [1.165, 1.54) is 0 Å². The number of pyridine rings is 1. The van der Waals surface area contributed by atoms with Crippen LogP contribution in [0.2, 0.25) is 0 Å². The first kappa shape index (κ1) is 10.5. The van der Waals surface area contributed by atoms with Gasteiger partial charge in [0.1, 0.15) is 5.82 Å². The third-order valence-electron chi connectivity index (χ3n) is 1.86. The van der Waals surface area contributed by atoms with Gasteiger partial charge in [0.15, 0.2) is 0 Å². The number of hydrogen-bond donors (Lipinski definition) is 1. The van der Waals surface area contributed by atoms with Crippen molar-refractivity contribution < 1.29 is 5.11 Å². The van der Waals surface area contributed by atoms with E-state index in [0.29, 0.717) is 6.54 Å². The van der Waals surface area contributed by atoms with Crippen molar-refractivity contribution in [2.45, 2.75) is 6.92 Å². The molecule has 0 aliphatic heterocycles. The van der Waals surface area contributed by atoms with E-state index in [1.807, 2.05) is 24.9 Å². The predicted molar refractivity (Wildman–Crippen MR) is 57.0 cm³/mol. The molecule has 72 valence electrons. The van der Waals surface area contributed by atoms with Gasteiger partial charge < -0.3 is 10.0 Å². The zero-order valence-corrected chi connectivity index (χ0v) is 9.37. The Labute approximate surface area is 86.5 Å². The zero-order valence-electron chi connectivity index (χ0n) is 7.79. The smallest absolute Gasteiger partial charge is 0.142 e. The summed E-state index contributed by atoms with van der Waals surface area (Å²) < 4.78 is 0.992. The molecule has 0 amide bonds. The highest BCUT2D eigenvalue weighted by Crippen LogP contribution is 2.25. The van der Waals surface area contributed by atoms with Crippen molar-refractivity contribution in [1.29, 1.82) is 0 Å². The fourth-order valence-electron chi connectivity index (χ4n) is 1.05. The fraction of sp³-hybridized carbons (Fsp3) is 0.444. The molecule has 0 aliphatic carbocycles. The first-order valence-electron chi connectivity index (χ1n) is 4.10. The molecule has 0 atom stereocenters. The van der Waals surface area contributed by atoms with Gasteiger partial charge in [0, 0.05) is 19.8 Å². The highest BCUT2D eigenvalue weighted by Gasteiger charge is 2.07. The summed E-state index contributed by atoms with van der Waals surface area (Å²) in [6.45, 7) is 2.75. The number of halogens is 1. The first-order chi connectivity index (χ1) is 6.16. The maximum Gasteiger partial charge on any atom is 0.142 e. The largest absolute Gasteiger partial charge is 0.395 e. The second kappa shape index (κ2) is 4.58. The Balaban J connectivity index is 2.93. The van der Waals surface area contributed by atoms with Crippen LogP contribution in [0.15, 0.2) is 16.7 Å². The van der Waals surface area contributed by atoms with Crippen LogP contribution in [0.1, 0.15) is 5.56 Å². The number of aliphatic hydroxyl groups excluding tert-OH is 1. The Morgan fingerprint density at radius 3 is 2.92 bits per heavy atom. The van der Waals surface area contributed by atoms with Crippen LogP contribution in [0.25, 0.3) is 0 Å². The maximum atomic E-state index is 8.77. The Morgan fingerprint density at radius 1 is 1.62 bits per heavy atom. The van der Waals surface area contributed by atoms with Gasteiger partial charge in [0.05, 0.1) is 11.1 Å². The normalized spacial score (nSPS) is 10.2. The number of aromatic nitrogens is 1. The summed E-state index contributed by atoms with van der Waals surface area (Å²) in [7, 11) is 1.91. The van der Waals surface area contributed by atoms with Gasteiger partial charge in [-0.2, -0.15) is 0 Å². The molecular formula is C9H13BrN2O. The second-order valence-corrected chi connectivity index (χ2v) is 3.70. The molecule has 0 bridgehead atoms. The molecule has 1 aromatic rings. The molecule has 4 heteroatoms. The molecule has 3 nitrogen and oxygen atoms in total. The highest BCUT2D eigenvalue weighted by molar-refractivity contribution is 9.10. The summed E-state index contributed by atoms with van der Waals surface area (Å²) in [6.07, 6.45) is 1.77. The van der Waals surface area contributed by atoms with Crippen LogP contribution in [0.4, 0.5) is 5.82 Å². The molecule has 13 heavy (non-hydrogen) atoms. The summed E-state index contributed by atoms with van der Waals surface area (Å²) in [5, 5.41) is 8.77. The minimum atomic E-state index is 0.137. The monoisotopic (exact) mass is 244 g/mol. The van der Waals surface area contributed by atoms with Crippen LogP contribution in [0.3, 0.4) is 0 Å². The second-order valence-electron chi connectivity index (χ2n) is 2.91. The van der Waals surface area contributed by atoms with Gasteiger partial charge in [0.2, 0.25) is 0 Å². The number of likely N-dealkylation sites (N-methyl/N-ethyl adjacent to an activating group) is 1. The number of rotatable bonds is 3. The van der Waals surface area contributed by atoms with E-state index in [9.17, 15) is 0 Å². The third-order valence-corrected chi connectivity index (χ3v) is 2.84. The number of aryl methyl sites for hydroxylation is 1. The molecule has 1 aromatic heterocycles. The van der Waals surface area contributed by atoms with E-state index in [0.717, 1.165) is 15.9 Å². The number of anilines is 1. The molecule has 1 heterocycles. The molecule has 1 rings (SSSR count). The Kier molecular flexibility index (Phi) is 3.69. The third kappa shape index (κ3) is 2.42. The Morgan fingerprint density at radius 2 is 2.31 bits per heavy atom. The SMILES string of the molecule is Cc1ccnc(N(C)CCO)c1Br. The van der Waals surface area contributed by atoms with Crippen LogP contribution in [0.5, 0.6) is 0 Å². The van der Waals surface area contributed by atoms with Gasteiger partial charge in [-0.15, -0.1) is 0 Å². The minimum Gasteiger partial charge on any atom is -0.395 e. The van der Waals surface area contributed by atoms with E-state index in [-0.39, 0.29) is 6.61 Å². The molecule has 0 aliphatic rings. The van der Waals surface area contributed by atoms with E-state index in [1.54, 1.807) is 6.20 Å². The van der Waals surface area contributed by atoms with Crippen molar-refractivity contribution in [3.05, 3.63) is 22.3 Å². The molecule has 0 radical (unpaired) electrons. The lowest BCUT2D eigenvalue weighted by molar-refractivity contribution is 0.304. The quantitative estimate of drug-likeness (QED) is 0.878. The molecule has 1 N–H and O–H groups in total. The van der Waals surface area contributed by atoms with E-state index >= 15 is 0 Å². The van der Waals surface area contributed by atoms with E-state index in [2.05, 4.69) is 20.9 Å². The molecule has 0 fully saturated rings. The van der Waals surface area contributed by atoms with Crippen LogP contribution in [-0.4, -0.2) is 30.3 Å². The summed E-state index contributed by atoms with van der Waals surface area (Å²) in [6, 6.07) is 1.94. The van der Waals surface area contributed by atoms with Gasteiger partial charge in [-0.25, -0.2) is 4.98 Å². The van der Waals surface area contributed by atoms with Crippen molar-refractivity contribution in [2.75, 3.05) is 25.1 Å². The zero-order chi connectivity index (χ0) is 9.84. The van der Waals surface area contributed by atoms with Crippen LogP contribution in [0, 0.1) is 6.92 Å². The molecular weight excluding hydrogens is 232 g/mol. The summed E-state index contributed by atoms with van der Waals surface area (Å²) in [5.74, 6) is 0.869. The minimum absolute atomic E-state index is 0.137. The fourth-order valence-corrected chi connectivity index (χ4v) is 1.59. The summed E-state index contributed by atoms with van der Waals surface area (Å²) >= 11 is 3.46. The number of hydrogen-bond acceptors (Lipinski definition) is 3. The topological polar surface area (TPSA) is 36.4 Å². The lowest BCUT2D eigenvalue weighted by Crippen LogP contribution is -2.22. The van der Waals surface area contributed by atoms with Crippen LogP contribution < -0.4 is 4.90 Å². The molecule has 0 spiro atoms. The van der Waals surface area contributed by atoms with Crippen molar-refractivity contribution in [3.8, 4) is 0 Å². The lowest BCUT2D eigenvalue weighted by Gasteiger charge is -2.18. The van der Waals surface area contributed by atoms with Gasteiger partial charge in [0.25, 0.3) is 0 Å². The number of aliphatic hydroxyl groups is 1. The van der Waals surface area contributed by atoms with Crippen molar-refractivity contribution in [2.24, 2.45) is 0 Å². The summed E-state index contributed by atoms with van der Waals surface area (Å²) in [5.41, 5.74) is 1.15. The van der Waals surface area contributed by atoms with Crippen LogP contribution in [-0.2, 0) is 0 Å². The Hall–Kier alpha value is -0.610. The van der Waals surface area contributed by atoms with Crippen LogP contribution >= 0.6 is 15.9 Å². The van der Waals surface area contributed by atoms with Gasteiger partial charge >= 0.3 is 0 Å².